The number of hydrogen-bond donors (Lipinski definition) is 1. The summed E-state index contributed by atoms with van der Waals surface area (Å²) in [5, 5.41) is 8.50. The predicted molar refractivity (Wildman–Crippen MR) is 134 cm³/mol. The fraction of sp³-hybridized carbons (Fsp3) is 0.148. The van der Waals surface area contributed by atoms with E-state index in [2.05, 4.69) is 36.4 Å². The van der Waals surface area contributed by atoms with Crippen LogP contribution < -0.4 is 5.32 Å². The molecule has 1 N–H and O–H groups in total. The van der Waals surface area contributed by atoms with Crippen LogP contribution in [0.5, 0.6) is 0 Å². The van der Waals surface area contributed by atoms with Crippen molar-refractivity contribution in [2.24, 2.45) is 0 Å². The van der Waals surface area contributed by atoms with Crippen LogP contribution in [0.4, 0.5) is 5.82 Å². The van der Waals surface area contributed by atoms with Crippen molar-refractivity contribution in [1.82, 2.24) is 14.8 Å². The average Bonchev–Trinajstić information content (AvgIpc) is 3.38. The molecule has 6 heteroatoms. The Balaban J connectivity index is 1.53. The van der Waals surface area contributed by atoms with Gasteiger partial charge in [0.2, 0.25) is 11.0 Å². The van der Waals surface area contributed by atoms with Crippen LogP contribution in [0, 0.1) is 20.8 Å². The summed E-state index contributed by atoms with van der Waals surface area (Å²) in [6.45, 7) is 6.07. The summed E-state index contributed by atoms with van der Waals surface area (Å²) >= 11 is 1.57. The van der Waals surface area contributed by atoms with Crippen molar-refractivity contribution >= 4 is 33.3 Å². The second kappa shape index (κ2) is 8.64. The van der Waals surface area contributed by atoms with E-state index in [1.807, 2.05) is 73.7 Å². The lowest BCUT2D eigenvalue weighted by Crippen LogP contribution is -2.23. The number of carbonyl (C=O) groups excluding carboxylic acids is 1. The van der Waals surface area contributed by atoms with E-state index in [-0.39, 0.29) is 5.91 Å². The molecule has 0 saturated carbocycles. The molecule has 0 aliphatic carbocycles. The molecule has 0 radical (unpaired) electrons. The summed E-state index contributed by atoms with van der Waals surface area (Å²) < 4.78 is 2.85. The van der Waals surface area contributed by atoms with Gasteiger partial charge in [0.05, 0.1) is 21.8 Å². The maximum absolute atomic E-state index is 13.6. The third-order valence-electron chi connectivity index (χ3n) is 5.61. The molecule has 2 aromatic heterocycles. The topological polar surface area (TPSA) is 59.8 Å². The van der Waals surface area contributed by atoms with Crippen molar-refractivity contribution in [1.29, 1.82) is 0 Å². The van der Waals surface area contributed by atoms with E-state index < -0.39 is 5.92 Å². The Hall–Kier alpha value is -3.77. The quantitative estimate of drug-likeness (QED) is 0.346. The summed E-state index contributed by atoms with van der Waals surface area (Å²) in [4.78, 5) is 18.4. The van der Waals surface area contributed by atoms with Gasteiger partial charge < -0.3 is 5.32 Å². The van der Waals surface area contributed by atoms with Crippen molar-refractivity contribution in [3.63, 3.8) is 0 Å². The Morgan fingerprint density at radius 1 is 0.909 bits per heavy atom. The predicted octanol–water partition coefficient (Wildman–Crippen LogP) is 6.18. The van der Waals surface area contributed by atoms with E-state index in [0.29, 0.717) is 5.82 Å². The molecule has 5 nitrogen and oxygen atoms in total. The molecule has 2 heterocycles. The Kier molecular flexibility index (Phi) is 5.52. The summed E-state index contributed by atoms with van der Waals surface area (Å²) in [5.41, 5.74) is 6.00. The van der Waals surface area contributed by atoms with Gasteiger partial charge in [0.25, 0.3) is 0 Å². The highest BCUT2D eigenvalue weighted by molar-refractivity contribution is 7.20. The van der Waals surface area contributed by atoms with Crippen molar-refractivity contribution in [2.75, 3.05) is 5.32 Å². The third-order valence-corrected chi connectivity index (χ3v) is 6.59. The van der Waals surface area contributed by atoms with Gasteiger partial charge in [-0.05, 0) is 49.1 Å². The molecule has 5 rings (SSSR count). The van der Waals surface area contributed by atoms with E-state index in [0.717, 1.165) is 37.7 Å². The number of carbonyl (C=O) groups is 1. The summed E-state index contributed by atoms with van der Waals surface area (Å²) in [7, 11) is 0. The number of rotatable bonds is 5. The summed E-state index contributed by atoms with van der Waals surface area (Å²) in [6.07, 6.45) is 0. The van der Waals surface area contributed by atoms with Gasteiger partial charge in [-0.2, -0.15) is 9.78 Å². The number of nitrogens with zero attached hydrogens (tertiary/aromatic N) is 3. The van der Waals surface area contributed by atoms with E-state index in [4.69, 9.17) is 4.98 Å². The van der Waals surface area contributed by atoms with E-state index in [1.165, 1.54) is 5.56 Å². The molecule has 0 aliphatic rings. The number of thiazole rings is 1. The fourth-order valence-electron chi connectivity index (χ4n) is 4.17. The molecule has 0 atom stereocenters. The Morgan fingerprint density at radius 2 is 1.55 bits per heavy atom. The molecule has 0 unspecified atom stereocenters. The molecule has 0 saturated heterocycles. The maximum Gasteiger partial charge on any atom is 0.237 e. The van der Waals surface area contributed by atoms with Crippen LogP contribution >= 0.6 is 11.3 Å². The first-order valence-electron chi connectivity index (χ1n) is 10.8. The van der Waals surface area contributed by atoms with Gasteiger partial charge in [-0.3, -0.25) is 4.79 Å². The van der Waals surface area contributed by atoms with Crippen LogP contribution in [0.25, 0.3) is 15.3 Å². The van der Waals surface area contributed by atoms with Gasteiger partial charge in [0.1, 0.15) is 5.82 Å². The molecule has 1 amide bonds. The van der Waals surface area contributed by atoms with Gasteiger partial charge >= 0.3 is 0 Å². The lowest BCUT2D eigenvalue weighted by atomic mass is 9.90. The highest BCUT2D eigenvalue weighted by atomic mass is 32.1. The van der Waals surface area contributed by atoms with Crippen LogP contribution in [-0.4, -0.2) is 20.7 Å². The largest absolute Gasteiger partial charge is 0.310 e. The van der Waals surface area contributed by atoms with Crippen molar-refractivity contribution in [2.45, 2.75) is 26.7 Å². The number of aromatic nitrogens is 3. The SMILES string of the molecule is Cc1cc(C)c2nc(-n3nc(C)cc3NC(=O)C(c3ccccc3)c3ccccc3)sc2c1. The minimum Gasteiger partial charge on any atom is -0.310 e. The number of amides is 1. The first kappa shape index (κ1) is 21.1. The minimum absolute atomic E-state index is 0.110. The number of fused-ring (bicyclic) bond motifs is 1. The molecule has 0 bridgehead atoms. The van der Waals surface area contributed by atoms with Gasteiger partial charge in [0.15, 0.2) is 0 Å². The first-order chi connectivity index (χ1) is 16.0. The van der Waals surface area contributed by atoms with Gasteiger partial charge in [0, 0.05) is 6.07 Å². The van der Waals surface area contributed by atoms with Crippen molar-refractivity contribution < 1.29 is 4.79 Å². The molecule has 0 spiro atoms. The number of nitrogens with one attached hydrogen (secondary N) is 1. The van der Waals surface area contributed by atoms with Crippen molar-refractivity contribution in [3.05, 3.63) is 107 Å². The normalized spacial score (nSPS) is 11.3. The zero-order valence-corrected chi connectivity index (χ0v) is 19.6. The van der Waals surface area contributed by atoms with E-state index in [9.17, 15) is 4.79 Å². The highest BCUT2D eigenvalue weighted by Crippen LogP contribution is 2.31. The van der Waals surface area contributed by atoms with Crippen LogP contribution in [0.15, 0.2) is 78.9 Å². The zero-order valence-electron chi connectivity index (χ0n) is 18.7. The van der Waals surface area contributed by atoms with E-state index in [1.54, 1.807) is 16.0 Å². The van der Waals surface area contributed by atoms with Gasteiger partial charge in [-0.25, -0.2) is 4.98 Å². The molecular weight excluding hydrogens is 428 g/mol. The Bertz CT molecular complexity index is 1400. The maximum atomic E-state index is 13.6. The second-order valence-corrected chi connectivity index (χ2v) is 9.26. The standard InChI is InChI=1S/C27H24N4OS/c1-17-14-18(2)25-22(15-17)33-27(29-25)31-23(16-19(3)30-31)28-26(32)24(20-10-6-4-7-11-20)21-12-8-5-9-13-21/h4-16,24H,1-3H3,(H,28,32). The molecule has 33 heavy (non-hydrogen) atoms. The molecular formula is C27H24N4OS. The number of hydrogen-bond acceptors (Lipinski definition) is 4. The average molecular weight is 453 g/mol. The van der Waals surface area contributed by atoms with E-state index >= 15 is 0 Å². The highest BCUT2D eigenvalue weighted by Gasteiger charge is 2.24. The van der Waals surface area contributed by atoms with Crippen LogP contribution in [-0.2, 0) is 4.79 Å². The molecule has 0 fully saturated rings. The van der Waals surface area contributed by atoms with Crippen LogP contribution in [0.1, 0.15) is 33.9 Å². The van der Waals surface area contributed by atoms with Gasteiger partial charge in [-0.15, -0.1) is 0 Å². The van der Waals surface area contributed by atoms with Crippen molar-refractivity contribution in [3.8, 4) is 5.13 Å². The Morgan fingerprint density at radius 3 is 2.18 bits per heavy atom. The van der Waals surface area contributed by atoms with Gasteiger partial charge in [-0.1, -0.05) is 78.1 Å². The lowest BCUT2D eigenvalue weighted by molar-refractivity contribution is -0.116. The molecule has 164 valence electrons. The third kappa shape index (κ3) is 4.17. The molecule has 3 aromatic carbocycles. The van der Waals surface area contributed by atoms with Crippen LogP contribution in [0.2, 0.25) is 0 Å². The van der Waals surface area contributed by atoms with Crippen LogP contribution in [0.3, 0.4) is 0 Å². The molecule has 0 aliphatic heterocycles. The monoisotopic (exact) mass is 452 g/mol. The number of anilines is 1. The molecule has 5 aromatic rings. The first-order valence-corrected chi connectivity index (χ1v) is 11.7. The smallest absolute Gasteiger partial charge is 0.237 e. The summed E-state index contributed by atoms with van der Waals surface area (Å²) in [6, 6.07) is 25.8. The fourth-order valence-corrected chi connectivity index (χ4v) is 5.28. The lowest BCUT2D eigenvalue weighted by Gasteiger charge is -2.18. The number of benzene rings is 3. The summed E-state index contributed by atoms with van der Waals surface area (Å²) in [5.74, 6) is 0.0702. The minimum atomic E-state index is -0.434. The second-order valence-electron chi connectivity index (χ2n) is 8.25. The Labute approximate surface area is 196 Å². The number of aryl methyl sites for hydroxylation is 3. The zero-order chi connectivity index (χ0) is 22.9.